The number of ether oxygens (including phenoxy) is 1. The van der Waals surface area contributed by atoms with Gasteiger partial charge in [0.2, 0.25) is 0 Å². The van der Waals surface area contributed by atoms with E-state index in [9.17, 15) is 9.59 Å². The van der Waals surface area contributed by atoms with Gasteiger partial charge < -0.3 is 4.74 Å². The zero-order valence-corrected chi connectivity index (χ0v) is 13.9. The molecule has 0 bridgehead atoms. The minimum absolute atomic E-state index is 0.128. The van der Waals surface area contributed by atoms with Crippen molar-refractivity contribution in [1.82, 2.24) is 0 Å². The average Bonchev–Trinajstić information content (AvgIpc) is 2.92. The molecular weight excluding hydrogens is 312 g/mol. The first-order valence-electron chi connectivity index (χ1n) is 8.34. The van der Waals surface area contributed by atoms with E-state index in [2.05, 4.69) is 0 Å². The lowest BCUT2D eigenvalue weighted by Gasteiger charge is -2.19. The number of allylic oxidation sites excluding steroid dienone is 2. The number of esters is 1. The molecular formula is C22H20O3. The summed E-state index contributed by atoms with van der Waals surface area (Å²) in [6, 6.07) is 19.6. The monoisotopic (exact) mass is 332 g/mol. The van der Waals surface area contributed by atoms with Crippen LogP contribution in [0.25, 0.3) is 12.2 Å². The molecule has 0 aliphatic carbocycles. The van der Waals surface area contributed by atoms with Gasteiger partial charge in [0.25, 0.3) is 0 Å². The highest BCUT2D eigenvalue weighted by Gasteiger charge is 2.50. The van der Waals surface area contributed by atoms with Gasteiger partial charge >= 0.3 is 5.97 Å². The predicted molar refractivity (Wildman–Crippen MR) is 98.6 cm³/mol. The first-order valence-corrected chi connectivity index (χ1v) is 8.34. The van der Waals surface area contributed by atoms with Crippen LogP contribution in [-0.2, 0) is 14.3 Å². The molecule has 3 nitrogen and oxygen atoms in total. The minimum atomic E-state index is -1.10. The highest BCUT2D eigenvalue weighted by Crippen LogP contribution is 2.36. The van der Waals surface area contributed by atoms with Crippen molar-refractivity contribution < 1.29 is 14.3 Å². The number of carbonyl (C=O) groups excluding carboxylic acids is 2. The van der Waals surface area contributed by atoms with Crippen molar-refractivity contribution in [2.75, 3.05) is 6.61 Å². The first-order chi connectivity index (χ1) is 12.2. The molecule has 0 amide bonds. The second-order valence-corrected chi connectivity index (χ2v) is 6.12. The molecule has 1 fully saturated rings. The molecule has 0 atom stereocenters. The van der Waals surface area contributed by atoms with Gasteiger partial charge in [0.15, 0.2) is 12.4 Å². The van der Waals surface area contributed by atoms with Gasteiger partial charge in [-0.25, -0.2) is 0 Å². The fourth-order valence-electron chi connectivity index (χ4n) is 2.92. The number of benzene rings is 2. The van der Waals surface area contributed by atoms with Crippen molar-refractivity contribution in [1.29, 1.82) is 0 Å². The van der Waals surface area contributed by atoms with Gasteiger partial charge in [-0.1, -0.05) is 85.0 Å². The van der Waals surface area contributed by atoms with Crippen LogP contribution in [0.4, 0.5) is 0 Å². The molecule has 1 saturated heterocycles. The average molecular weight is 332 g/mol. The van der Waals surface area contributed by atoms with Crippen molar-refractivity contribution in [3.63, 3.8) is 0 Å². The maximum atomic E-state index is 12.4. The molecule has 1 heterocycles. The van der Waals surface area contributed by atoms with Crippen LogP contribution in [0.5, 0.6) is 0 Å². The van der Waals surface area contributed by atoms with Gasteiger partial charge in [-0.3, -0.25) is 9.59 Å². The van der Waals surface area contributed by atoms with Crippen LogP contribution in [0.15, 0.2) is 72.8 Å². The van der Waals surface area contributed by atoms with Crippen molar-refractivity contribution in [3.05, 3.63) is 83.9 Å². The Morgan fingerprint density at radius 1 is 0.800 bits per heavy atom. The van der Waals surface area contributed by atoms with Crippen LogP contribution in [0.2, 0.25) is 0 Å². The quantitative estimate of drug-likeness (QED) is 0.585. The number of rotatable bonds is 6. The van der Waals surface area contributed by atoms with Crippen molar-refractivity contribution in [2.24, 2.45) is 5.41 Å². The Hall–Kier alpha value is -2.94. The molecule has 0 aromatic heterocycles. The molecule has 25 heavy (non-hydrogen) atoms. The highest BCUT2D eigenvalue weighted by molar-refractivity contribution is 6.09. The topological polar surface area (TPSA) is 43.4 Å². The molecule has 3 heteroatoms. The van der Waals surface area contributed by atoms with Crippen LogP contribution in [0.3, 0.4) is 0 Å². The van der Waals surface area contributed by atoms with Gasteiger partial charge in [-0.2, -0.15) is 0 Å². The lowest BCUT2D eigenvalue weighted by atomic mass is 9.78. The number of ketones is 1. The fourth-order valence-corrected chi connectivity index (χ4v) is 2.92. The van der Waals surface area contributed by atoms with Crippen LogP contribution in [0, 0.1) is 5.41 Å². The Morgan fingerprint density at radius 2 is 1.28 bits per heavy atom. The number of hydrogen-bond acceptors (Lipinski definition) is 3. The van der Waals surface area contributed by atoms with E-state index in [1.54, 1.807) is 0 Å². The van der Waals surface area contributed by atoms with Crippen LogP contribution in [-0.4, -0.2) is 18.4 Å². The summed E-state index contributed by atoms with van der Waals surface area (Å²) in [6.07, 6.45) is 8.33. The summed E-state index contributed by atoms with van der Waals surface area (Å²) in [7, 11) is 0. The Balaban J connectivity index is 1.75. The number of cyclic esters (lactones) is 1. The third-order valence-electron chi connectivity index (χ3n) is 4.41. The second-order valence-electron chi connectivity index (χ2n) is 6.12. The van der Waals surface area contributed by atoms with Crippen LogP contribution in [0.1, 0.15) is 24.0 Å². The maximum absolute atomic E-state index is 12.4. The zero-order chi connectivity index (χ0) is 17.5. The smallest absolute Gasteiger partial charge is 0.320 e. The van der Waals surface area contributed by atoms with E-state index in [4.69, 9.17) is 4.74 Å². The molecule has 0 saturated carbocycles. The van der Waals surface area contributed by atoms with E-state index >= 15 is 0 Å². The molecule has 3 rings (SSSR count). The summed E-state index contributed by atoms with van der Waals surface area (Å²) >= 11 is 0. The zero-order valence-electron chi connectivity index (χ0n) is 13.9. The minimum Gasteiger partial charge on any atom is -0.457 e. The third kappa shape index (κ3) is 3.94. The largest absolute Gasteiger partial charge is 0.457 e. The lowest BCUT2D eigenvalue weighted by molar-refractivity contribution is -0.146. The first kappa shape index (κ1) is 16.9. The fraction of sp³-hybridized carbons (Fsp3) is 0.182. The molecule has 0 N–H and O–H groups in total. The van der Waals surface area contributed by atoms with E-state index in [1.807, 2.05) is 85.0 Å². The summed E-state index contributed by atoms with van der Waals surface area (Å²) in [5.41, 5.74) is 0.976. The summed E-state index contributed by atoms with van der Waals surface area (Å²) in [5, 5.41) is 0. The maximum Gasteiger partial charge on any atom is 0.320 e. The van der Waals surface area contributed by atoms with Crippen molar-refractivity contribution >= 4 is 23.9 Å². The summed E-state index contributed by atoms with van der Waals surface area (Å²) in [5.74, 6) is -0.569. The van der Waals surface area contributed by atoms with Gasteiger partial charge in [-0.05, 0) is 24.0 Å². The number of Topliss-reactive ketones (excluding diaryl/α,β-unsaturated/α-hetero) is 1. The molecule has 1 aliphatic rings. The molecule has 1 aliphatic heterocycles. The van der Waals surface area contributed by atoms with Crippen LogP contribution < -0.4 is 0 Å². The standard InChI is InChI=1S/C22H20O3/c23-20-17-25-21(24)22(20,15-7-13-18-9-3-1-4-10-18)16-8-14-19-11-5-2-6-12-19/h1-14H,15-17H2/b13-7+,14-8+. The Bertz CT molecular complexity index is 719. The van der Waals surface area contributed by atoms with E-state index in [1.165, 1.54) is 0 Å². The van der Waals surface area contributed by atoms with Gasteiger partial charge in [0.05, 0.1) is 0 Å². The Morgan fingerprint density at radius 3 is 1.68 bits per heavy atom. The van der Waals surface area contributed by atoms with Gasteiger partial charge in [-0.15, -0.1) is 0 Å². The van der Waals surface area contributed by atoms with E-state index in [0.717, 1.165) is 11.1 Å². The molecule has 2 aromatic carbocycles. The summed E-state index contributed by atoms with van der Waals surface area (Å²) < 4.78 is 5.03. The van der Waals surface area contributed by atoms with Gasteiger partial charge in [0, 0.05) is 0 Å². The third-order valence-corrected chi connectivity index (χ3v) is 4.41. The normalized spacial score (nSPS) is 16.6. The highest BCUT2D eigenvalue weighted by atomic mass is 16.5. The van der Waals surface area contributed by atoms with E-state index in [0.29, 0.717) is 12.8 Å². The molecule has 0 radical (unpaired) electrons. The molecule has 126 valence electrons. The van der Waals surface area contributed by atoms with E-state index < -0.39 is 11.4 Å². The summed E-state index contributed by atoms with van der Waals surface area (Å²) in [4.78, 5) is 24.7. The van der Waals surface area contributed by atoms with E-state index in [-0.39, 0.29) is 12.4 Å². The molecule has 0 unspecified atom stereocenters. The molecule has 2 aromatic rings. The van der Waals surface area contributed by atoms with Gasteiger partial charge in [0.1, 0.15) is 5.41 Å². The lowest BCUT2D eigenvalue weighted by Crippen LogP contribution is -2.32. The SMILES string of the molecule is O=C1COC(=O)C1(C/C=C/c1ccccc1)C/C=C/c1ccccc1. The Labute approximate surface area is 147 Å². The second kappa shape index (κ2) is 7.75. The van der Waals surface area contributed by atoms with Crippen LogP contribution >= 0.6 is 0 Å². The van der Waals surface area contributed by atoms with Crippen molar-refractivity contribution in [2.45, 2.75) is 12.8 Å². The van der Waals surface area contributed by atoms with Crippen molar-refractivity contribution in [3.8, 4) is 0 Å². The Kier molecular flexibility index (Phi) is 5.24. The number of hydrogen-bond donors (Lipinski definition) is 0. The molecule has 0 spiro atoms. The summed E-state index contributed by atoms with van der Waals surface area (Å²) in [6.45, 7) is -0.128. The number of carbonyl (C=O) groups is 2. The predicted octanol–water partition coefficient (Wildman–Crippen LogP) is 4.31.